The number of anilines is 1. The number of rotatable bonds is 8. The van der Waals surface area contributed by atoms with Gasteiger partial charge >= 0.3 is 5.97 Å². The molecule has 1 amide bonds. The molecule has 8 nitrogen and oxygen atoms in total. The Hall–Kier alpha value is -3.55. The van der Waals surface area contributed by atoms with Crippen molar-refractivity contribution in [3.8, 4) is 17.2 Å². The van der Waals surface area contributed by atoms with E-state index in [2.05, 4.69) is 5.32 Å². The number of carbonyl (C=O) groups excluding carboxylic acids is 3. The quantitative estimate of drug-likeness (QED) is 0.524. The van der Waals surface area contributed by atoms with E-state index in [9.17, 15) is 14.4 Å². The molecule has 0 fully saturated rings. The summed E-state index contributed by atoms with van der Waals surface area (Å²) in [6, 6.07) is 11.5. The van der Waals surface area contributed by atoms with Crippen LogP contribution in [0.5, 0.6) is 17.2 Å². The summed E-state index contributed by atoms with van der Waals surface area (Å²) in [6.45, 7) is 3.82. The van der Waals surface area contributed by atoms with Gasteiger partial charge in [-0.2, -0.15) is 0 Å². The zero-order valence-electron chi connectivity index (χ0n) is 16.8. The summed E-state index contributed by atoms with van der Waals surface area (Å²) in [6.07, 6.45) is -0.600. The lowest BCUT2D eigenvalue weighted by atomic mass is 10.1. The van der Waals surface area contributed by atoms with E-state index in [0.29, 0.717) is 48.1 Å². The smallest absolute Gasteiger partial charge is 0.344 e. The number of amides is 1. The fraction of sp³-hybridized carbons (Fsp3) is 0.318. The lowest BCUT2D eigenvalue weighted by Crippen LogP contribution is -2.31. The second-order valence-corrected chi connectivity index (χ2v) is 6.57. The molecule has 1 aliphatic rings. The minimum absolute atomic E-state index is 0.0267. The van der Waals surface area contributed by atoms with Crippen molar-refractivity contribution in [3.05, 3.63) is 48.0 Å². The minimum Gasteiger partial charge on any atom is -0.486 e. The van der Waals surface area contributed by atoms with E-state index in [-0.39, 0.29) is 12.4 Å². The Labute approximate surface area is 174 Å². The zero-order valence-corrected chi connectivity index (χ0v) is 16.8. The Bertz CT molecular complexity index is 924. The van der Waals surface area contributed by atoms with Gasteiger partial charge in [-0.3, -0.25) is 9.59 Å². The fourth-order valence-electron chi connectivity index (χ4n) is 2.73. The van der Waals surface area contributed by atoms with Crippen molar-refractivity contribution in [2.45, 2.75) is 26.4 Å². The molecule has 2 aromatic rings. The van der Waals surface area contributed by atoms with Crippen LogP contribution in [0.1, 0.15) is 30.6 Å². The van der Waals surface area contributed by atoms with Gasteiger partial charge in [0.05, 0.1) is 0 Å². The van der Waals surface area contributed by atoms with Crippen molar-refractivity contribution in [3.63, 3.8) is 0 Å². The number of benzene rings is 2. The van der Waals surface area contributed by atoms with Gasteiger partial charge in [-0.05, 0) is 43.3 Å². The van der Waals surface area contributed by atoms with Crippen LogP contribution in [0.4, 0.5) is 5.69 Å². The number of nitrogens with one attached hydrogen (secondary N) is 1. The molecule has 0 saturated heterocycles. The number of fused-ring (bicyclic) bond motifs is 1. The molecule has 0 saturated carbocycles. The lowest BCUT2D eigenvalue weighted by Gasteiger charge is -2.19. The molecule has 0 bridgehead atoms. The SMILES string of the molecule is CCC(=O)c1ccc(OCC(=O)O[C@H](C)C(=O)Nc2ccc3c(c2)OCCO3)cc1. The number of ether oxygens (including phenoxy) is 4. The largest absolute Gasteiger partial charge is 0.486 e. The Balaban J connectivity index is 1.46. The van der Waals surface area contributed by atoms with Crippen LogP contribution in [-0.4, -0.2) is 43.6 Å². The highest BCUT2D eigenvalue weighted by Gasteiger charge is 2.20. The number of esters is 1. The molecular weight excluding hydrogens is 390 g/mol. The van der Waals surface area contributed by atoms with Gasteiger partial charge in [0.15, 0.2) is 30.0 Å². The van der Waals surface area contributed by atoms with Crippen LogP contribution in [0, 0.1) is 0 Å². The maximum atomic E-state index is 12.3. The van der Waals surface area contributed by atoms with Crippen LogP contribution in [-0.2, 0) is 14.3 Å². The predicted octanol–water partition coefficient (Wildman–Crippen LogP) is 3.00. The molecule has 1 atom stereocenters. The normalized spacial score (nSPS) is 13.1. The Morgan fingerprint density at radius 3 is 2.43 bits per heavy atom. The second-order valence-electron chi connectivity index (χ2n) is 6.57. The maximum absolute atomic E-state index is 12.3. The summed E-state index contributed by atoms with van der Waals surface area (Å²) in [5.41, 5.74) is 1.09. The van der Waals surface area contributed by atoms with E-state index in [1.807, 2.05) is 0 Å². The average molecular weight is 413 g/mol. The summed E-state index contributed by atoms with van der Waals surface area (Å²) in [5, 5.41) is 2.67. The molecule has 1 aliphatic heterocycles. The fourth-order valence-corrected chi connectivity index (χ4v) is 2.73. The van der Waals surface area contributed by atoms with Gasteiger partial charge in [-0.15, -0.1) is 0 Å². The van der Waals surface area contributed by atoms with E-state index in [1.54, 1.807) is 49.4 Å². The number of Topliss-reactive ketones (excluding diaryl/α,β-unsaturated/α-hetero) is 1. The molecule has 0 aromatic heterocycles. The minimum atomic E-state index is -1.01. The molecule has 0 spiro atoms. The highest BCUT2D eigenvalue weighted by atomic mass is 16.6. The van der Waals surface area contributed by atoms with E-state index >= 15 is 0 Å². The molecular formula is C22H23NO7. The lowest BCUT2D eigenvalue weighted by molar-refractivity contribution is -0.155. The molecule has 0 aliphatic carbocycles. The predicted molar refractivity (Wildman–Crippen MR) is 108 cm³/mol. The third-order valence-corrected chi connectivity index (χ3v) is 4.34. The third-order valence-electron chi connectivity index (χ3n) is 4.34. The first-order valence-electron chi connectivity index (χ1n) is 9.62. The molecule has 2 aromatic carbocycles. The number of ketones is 1. The molecule has 8 heteroatoms. The van der Waals surface area contributed by atoms with Crippen LogP contribution in [0.15, 0.2) is 42.5 Å². The summed E-state index contributed by atoms with van der Waals surface area (Å²) in [5.74, 6) is 0.439. The van der Waals surface area contributed by atoms with Crippen molar-refractivity contribution >= 4 is 23.3 Å². The molecule has 158 valence electrons. The molecule has 30 heavy (non-hydrogen) atoms. The molecule has 3 rings (SSSR count). The summed E-state index contributed by atoms with van der Waals surface area (Å²) >= 11 is 0. The molecule has 1 N–H and O–H groups in total. The average Bonchev–Trinajstić information content (AvgIpc) is 2.77. The topological polar surface area (TPSA) is 100 Å². The first-order valence-corrected chi connectivity index (χ1v) is 9.62. The third kappa shape index (κ3) is 5.50. The van der Waals surface area contributed by atoms with Gasteiger partial charge in [0.1, 0.15) is 19.0 Å². The number of hydrogen-bond acceptors (Lipinski definition) is 7. The molecule has 1 heterocycles. The Morgan fingerprint density at radius 1 is 1.03 bits per heavy atom. The molecule has 0 unspecified atom stereocenters. The van der Waals surface area contributed by atoms with Crippen molar-refractivity contribution in [2.75, 3.05) is 25.1 Å². The number of hydrogen-bond donors (Lipinski definition) is 1. The van der Waals surface area contributed by atoms with Gasteiger partial charge in [0.2, 0.25) is 0 Å². The van der Waals surface area contributed by atoms with Crippen LogP contribution in [0.25, 0.3) is 0 Å². The first-order chi connectivity index (χ1) is 14.5. The summed E-state index contributed by atoms with van der Waals surface area (Å²) in [4.78, 5) is 35.9. The second kappa shape index (κ2) is 9.78. The highest BCUT2D eigenvalue weighted by molar-refractivity contribution is 5.96. The summed E-state index contributed by atoms with van der Waals surface area (Å²) < 4.78 is 21.4. The Morgan fingerprint density at radius 2 is 1.73 bits per heavy atom. The van der Waals surface area contributed by atoms with E-state index < -0.39 is 18.0 Å². The van der Waals surface area contributed by atoms with E-state index in [1.165, 1.54) is 6.92 Å². The standard InChI is InChI=1S/C22H23NO7/c1-3-18(24)15-4-7-17(8-5-15)29-13-21(25)30-14(2)22(26)23-16-6-9-19-20(12-16)28-11-10-27-19/h4-9,12,14H,3,10-11,13H2,1-2H3,(H,23,26)/t14-/m1/s1. The van der Waals surface area contributed by atoms with Crippen molar-refractivity contribution in [2.24, 2.45) is 0 Å². The van der Waals surface area contributed by atoms with Crippen LogP contribution >= 0.6 is 0 Å². The van der Waals surface area contributed by atoms with Gasteiger partial charge in [0, 0.05) is 23.7 Å². The monoisotopic (exact) mass is 413 g/mol. The van der Waals surface area contributed by atoms with Gasteiger partial charge < -0.3 is 24.3 Å². The van der Waals surface area contributed by atoms with Gasteiger partial charge in [-0.1, -0.05) is 6.92 Å². The maximum Gasteiger partial charge on any atom is 0.344 e. The Kier molecular flexibility index (Phi) is 6.90. The van der Waals surface area contributed by atoms with Crippen LogP contribution in [0.2, 0.25) is 0 Å². The zero-order chi connectivity index (χ0) is 21.5. The van der Waals surface area contributed by atoms with Crippen molar-refractivity contribution in [1.82, 2.24) is 0 Å². The first kappa shape index (κ1) is 21.2. The van der Waals surface area contributed by atoms with Crippen molar-refractivity contribution in [1.29, 1.82) is 0 Å². The highest BCUT2D eigenvalue weighted by Crippen LogP contribution is 2.32. The van der Waals surface area contributed by atoms with E-state index in [4.69, 9.17) is 18.9 Å². The number of carbonyl (C=O) groups is 3. The van der Waals surface area contributed by atoms with Gasteiger partial charge in [0.25, 0.3) is 5.91 Å². The van der Waals surface area contributed by atoms with Crippen LogP contribution < -0.4 is 19.5 Å². The summed E-state index contributed by atoms with van der Waals surface area (Å²) in [7, 11) is 0. The van der Waals surface area contributed by atoms with E-state index in [0.717, 1.165) is 0 Å². The van der Waals surface area contributed by atoms with Crippen LogP contribution in [0.3, 0.4) is 0 Å². The van der Waals surface area contributed by atoms with Crippen molar-refractivity contribution < 1.29 is 33.3 Å². The van der Waals surface area contributed by atoms with Gasteiger partial charge in [-0.25, -0.2) is 4.79 Å². The molecule has 0 radical (unpaired) electrons.